The summed E-state index contributed by atoms with van der Waals surface area (Å²) in [6.45, 7) is 0.294. The van der Waals surface area contributed by atoms with E-state index in [1.165, 1.54) is 11.3 Å². The van der Waals surface area contributed by atoms with Crippen LogP contribution in [0.5, 0.6) is 0 Å². The number of nitrogens with one attached hydrogen (secondary N) is 1. The third-order valence-corrected chi connectivity index (χ3v) is 5.51. The molecule has 0 radical (unpaired) electrons. The van der Waals surface area contributed by atoms with Crippen LogP contribution in [0.15, 0.2) is 28.7 Å². The van der Waals surface area contributed by atoms with Gasteiger partial charge in [0, 0.05) is 27.9 Å². The van der Waals surface area contributed by atoms with E-state index in [1.54, 1.807) is 0 Å². The van der Waals surface area contributed by atoms with Crippen LogP contribution in [0.4, 0.5) is 18.3 Å². The number of anilines is 1. The van der Waals surface area contributed by atoms with Crippen molar-refractivity contribution >= 4 is 44.2 Å². The normalized spacial score (nSPS) is 17.4. The van der Waals surface area contributed by atoms with Gasteiger partial charge in [0.2, 0.25) is 11.8 Å². The molecule has 1 N–H and O–H groups in total. The number of benzene rings is 1. The Kier molecular flexibility index (Phi) is 5.57. The highest BCUT2D eigenvalue weighted by Crippen LogP contribution is 2.32. The number of rotatable bonds is 4. The lowest BCUT2D eigenvalue weighted by molar-refractivity contribution is -0.157. The maximum Gasteiger partial charge on any atom is 0.406 e. The minimum Gasteiger partial charge on any atom is -0.333 e. The zero-order valence-electron chi connectivity index (χ0n) is 14.1. The molecule has 5 nitrogen and oxygen atoms in total. The fourth-order valence-corrected chi connectivity index (χ4v) is 3.95. The molecule has 1 atom stereocenters. The Labute approximate surface area is 165 Å². The van der Waals surface area contributed by atoms with Crippen molar-refractivity contribution in [1.29, 1.82) is 0 Å². The number of alkyl halides is 3. The van der Waals surface area contributed by atoms with Gasteiger partial charge in [0.15, 0.2) is 5.13 Å². The Balaban J connectivity index is 1.67. The molecule has 0 spiro atoms. The predicted octanol–water partition coefficient (Wildman–Crippen LogP) is 4.23. The first-order chi connectivity index (χ1) is 12.6. The van der Waals surface area contributed by atoms with E-state index in [1.807, 2.05) is 31.2 Å². The van der Waals surface area contributed by atoms with Gasteiger partial charge in [-0.15, -0.1) is 11.3 Å². The van der Waals surface area contributed by atoms with E-state index in [0.717, 1.165) is 20.6 Å². The van der Waals surface area contributed by atoms with Crippen LogP contribution < -0.4 is 5.32 Å². The maximum atomic E-state index is 12.5. The number of amides is 2. The molecule has 3 rings (SSSR count). The van der Waals surface area contributed by atoms with E-state index in [0.29, 0.717) is 10.0 Å². The minimum atomic E-state index is -4.48. The summed E-state index contributed by atoms with van der Waals surface area (Å²) >= 11 is 4.64. The Hall–Kier alpha value is -1.94. The first-order valence-electron chi connectivity index (χ1n) is 8.01. The Morgan fingerprint density at radius 1 is 1.37 bits per heavy atom. The van der Waals surface area contributed by atoms with Crippen molar-refractivity contribution in [3.63, 3.8) is 0 Å². The number of hydrogen-bond donors (Lipinski definition) is 1. The average Bonchev–Trinajstić information content (AvgIpc) is 3.10. The molecule has 1 unspecified atom stereocenters. The second-order valence-electron chi connectivity index (χ2n) is 6.21. The SMILES string of the molecule is Cc1sc(NC(=O)C2CC(=O)N(CC(F)(F)F)C2)nc1-c1ccc(Br)cc1. The monoisotopic (exact) mass is 461 g/mol. The number of likely N-dealkylation sites (tertiary alicyclic amines) is 1. The third-order valence-electron chi connectivity index (χ3n) is 4.10. The lowest BCUT2D eigenvalue weighted by atomic mass is 10.1. The molecule has 0 bridgehead atoms. The van der Waals surface area contributed by atoms with Crippen LogP contribution in [0, 0.1) is 12.8 Å². The van der Waals surface area contributed by atoms with Gasteiger partial charge in [-0.2, -0.15) is 13.2 Å². The van der Waals surface area contributed by atoms with Crippen molar-refractivity contribution in [3.8, 4) is 11.3 Å². The number of carbonyl (C=O) groups is 2. The summed E-state index contributed by atoms with van der Waals surface area (Å²) in [4.78, 5) is 30.1. The van der Waals surface area contributed by atoms with Crippen LogP contribution in [-0.2, 0) is 9.59 Å². The average molecular weight is 462 g/mol. The van der Waals surface area contributed by atoms with Gasteiger partial charge in [-0.05, 0) is 19.1 Å². The molecule has 0 saturated carbocycles. The highest BCUT2D eigenvalue weighted by Gasteiger charge is 2.40. The van der Waals surface area contributed by atoms with Crippen molar-refractivity contribution in [2.24, 2.45) is 5.92 Å². The molecule has 2 amide bonds. The van der Waals surface area contributed by atoms with Gasteiger partial charge >= 0.3 is 6.18 Å². The van der Waals surface area contributed by atoms with Gasteiger partial charge in [-0.25, -0.2) is 4.98 Å². The van der Waals surface area contributed by atoms with E-state index in [9.17, 15) is 22.8 Å². The topological polar surface area (TPSA) is 62.3 Å². The molecule has 0 aliphatic carbocycles. The summed E-state index contributed by atoms with van der Waals surface area (Å²) in [7, 11) is 0. The third kappa shape index (κ3) is 4.86. The van der Waals surface area contributed by atoms with Crippen molar-refractivity contribution < 1.29 is 22.8 Å². The molecule has 2 aromatic rings. The van der Waals surface area contributed by atoms with E-state index < -0.39 is 30.5 Å². The molecule has 10 heteroatoms. The van der Waals surface area contributed by atoms with E-state index in [2.05, 4.69) is 26.2 Å². The number of carbonyl (C=O) groups excluding carboxylic acids is 2. The first kappa shape index (κ1) is 19.8. The number of aryl methyl sites for hydroxylation is 1. The first-order valence-corrected chi connectivity index (χ1v) is 9.62. The number of halogens is 4. The minimum absolute atomic E-state index is 0.230. The fraction of sp³-hybridized carbons (Fsp3) is 0.353. The fourth-order valence-electron chi connectivity index (χ4n) is 2.85. The van der Waals surface area contributed by atoms with Crippen LogP contribution in [0.3, 0.4) is 0 Å². The number of thiazole rings is 1. The summed E-state index contributed by atoms with van der Waals surface area (Å²) in [6.07, 6.45) is -4.71. The number of aromatic nitrogens is 1. The summed E-state index contributed by atoms with van der Waals surface area (Å²) in [6, 6.07) is 7.54. The van der Waals surface area contributed by atoms with Crippen LogP contribution in [0.2, 0.25) is 0 Å². The van der Waals surface area contributed by atoms with Crippen LogP contribution in [-0.4, -0.2) is 41.0 Å². The Morgan fingerprint density at radius 2 is 2.04 bits per heavy atom. The smallest absolute Gasteiger partial charge is 0.333 e. The van der Waals surface area contributed by atoms with Crippen molar-refractivity contribution in [3.05, 3.63) is 33.6 Å². The molecule has 1 aromatic carbocycles. The van der Waals surface area contributed by atoms with Crippen LogP contribution in [0.25, 0.3) is 11.3 Å². The maximum absolute atomic E-state index is 12.5. The lowest BCUT2D eigenvalue weighted by Crippen LogP contribution is -2.36. The predicted molar refractivity (Wildman–Crippen MR) is 99.4 cm³/mol. The van der Waals surface area contributed by atoms with Crippen LogP contribution >= 0.6 is 27.3 Å². The zero-order valence-corrected chi connectivity index (χ0v) is 16.5. The standard InChI is InChI=1S/C17H15BrF3N3O2S/c1-9-14(10-2-4-12(18)5-3-10)22-16(27-9)23-15(26)11-6-13(25)24(7-11)8-17(19,20)21/h2-5,11H,6-8H2,1H3,(H,22,23,26). The molecule has 1 saturated heterocycles. The summed E-state index contributed by atoms with van der Waals surface area (Å²) in [5, 5.41) is 2.99. The molecular formula is C17H15BrF3N3O2S. The quantitative estimate of drug-likeness (QED) is 0.740. The van der Waals surface area contributed by atoms with Gasteiger partial charge in [0.1, 0.15) is 6.54 Å². The molecule has 2 heterocycles. The second kappa shape index (κ2) is 7.59. The second-order valence-corrected chi connectivity index (χ2v) is 8.33. The molecule has 144 valence electrons. The number of nitrogens with zero attached hydrogens (tertiary/aromatic N) is 2. The summed E-state index contributed by atoms with van der Waals surface area (Å²) in [5.41, 5.74) is 1.61. The zero-order chi connectivity index (χ0) is 19.8. The van der Waals surface area contributed by atoms with Crippen molar-refractivity contribution in [2.45, 2.75) is 19.5 Å². The summed E-state index contributed by atoms with van der Waals surface area (Å²) in [5.74, 6) is -1.98. The molecule has 1 aromatic heterocycles. The molecular weight excluding hydrogens is 447 g/mol. The molecule has 1 aliphatic rings. The van der Waals surface area contributed by atoms with E-state index in [-0.39, 0.29) is 13.0 Å². The summed E-state index contributed by atoms with van der Waals surface area (Å²) < 4.78 is 38.4. The Morgan fingerprint density at radius 3 is 2.67 bits per heavy atom. The van der Waals surface area contributed by atoms with Gasteiger partial charge in [-0.1, -0.05) is 28.1 Å². The van der Waals surface area contributed by atoms with Gasteiger partial charge in [-0.3, -0.25) is 9.59 Å². The molecule has 1 aliphatic heterocycles. The van der Waals surface area contributed by atoms with Crippen molar-refractivity contribution in [1.82, 2.24) is 9.88 Å². The highest BCUT2D eigenvalue weighted by atomic mass is 79.9. The van der Waals surface area contributed by atoms with Crippen molar-refractivity contribution in [2.75, 3.05) is 18.4 Å². The van der Waals surface area contributed by atoms with Crippen LogP contribution in [0.1, 0.15) is 11.3 Å². The number of hydrogen-bond acceptors (Lipinski definition) is 4. The Bertz CT molecular complexity index is 867. The van der Waals surface area contributed by atoms with Gasteiger partial charge < -0.3 is 10.2 Å². The van der Waals surface area contributed by atoms with Gasteiger partial charge in [0.05, 0.1) is 11.6 Å². The van der Waals surface area contributed by atoms with E-state index >= 15 is 0 Å². The van der Waals surface area contributed by atoms with Gasteiger partial charge in [0.25, 0.3) is 0 Å². The molecule has 1 fully saturated rings. The van der Waals surface area contributed by atoms with E-state index in [4.69, 9.17) is 0 Å². The molecule has 27 heavy (non-hydrogen) atoms. The lowest BCUT2D eigenvalue weighted by Gasteiger charge is -2.18. The largest absolute Gasteiger partial charge is 0.406 e. The highest BCUT2D eigenvalue weighted by molar-refractivity contribution is 9.10.